The Morgan fingerprint density at radius 3 is 3.05 bits per heavy atom. The number of nitrogens with one attached hydrogen (secondary N) is 1. The van der Waals surface area contributed by atoms with E-state index in [0.29, 0.717) is 0 Å². The van der Waals surface area contributed by atoms with Gasteiger partial charge in [-0.1, -0.05) is 11.6 Å². The van der Waals surface area contributed by atoms with E-state index >= 15 is 0 Å². The zero-order chi connectivity index (χ0) is 13.2. The third-order valence-corrected chi connectivity index (χ3v) is 4.41. The predicted molar refractivity (Wildman–Crippen MR) is 78.1 cm³/mol. The van der Waals surface area contributed by atoms with E-state index in [1.54, 1.807) is 0 Å². The molecule has 2 atom stereocenters. The van der Waals surface area contributed by atoms with Gasteiger partial charge in [-0.15, -0.1) is 0 Å². The minimum Gasteiger partial charge on any atom is -0.459 e. The quantitative estimate of drug-likeness (QED) is 0.667. The van der Waals surface area contributed by atoms with Crippen LogP contribution in [0.1, 0.15) is 17.4 Å². The van der Waals surface area contributed by atoms with Gasteiger partial charge in [0.15, 0.2) is 0 Å². The van der Waals surface area contributed by atoms with Gasteiger partial charge < -0.3 is 9.15 Å². The summed E-state index contributed by atoms with van der Waals surface area (Å²) in [4.78, 5) is 0. The number of thioether (sulfide) groups is 1. The molecule has 0 spiro atoms. The molecule has 4 nitrogen and oxygen atoms in total. The van der Waals surface area contributed by atoms with E-state index in [2.05, 4.69) is 24.5 Å². The molecule has 1 aromatic carbocycles. The number of ether oxygens (including phenoxy) is 1. The van der Waals surface area contributed by atoms with E-state index in [1.807, 2.05) is 23.9 Å². The van der Waals surface area contributed by atoms with Crippen LogP contribution in [0.25, 0.3) is 11.0 Å². The van der Waals surface area contributed by atoms with Crippen molar-refractivity contribution in [1.82, 2.24) is 5.43 Å². The Morgan fingerprint density at radius 1 is 1.42 bits per heavy atom. The van der Waals surface area contributed by atoms with E-state index in [9.17, 15) is 0 Å². The first kappa shape index (κ1) is 13.0. The Bertz CT molecular complexity index is 564. The van der Waals surface area contributed by atoms with Gasteiger partial charge in [0.25, 0.3) is 0 Å². The topological polar surface area (TPSA) is 60.4 Å². The fourth-order valence-electron chi connectivity index (χ4n) is 2.41. The van der Waals surface area contributed by atoms with Crippen LogP contribution in [-0.2, 0) is 4.74 Å². The lowest BCUT2D eigenvalue weighted by Crippen LogP contribution is -2.41. The molecule has 0 bridgehead atoms. The van der Waals surface area contributed by atoms with E-state index in [1.165, 1.54) is 5.56 Å². The average Bonchev–Trinajstić information content (AvgIpc) is 2.83. The molecule has 2 aromatic rings. The molecule has 1 aliphatic rings. The number of hydrogen-bond donors (Lipinski definition) is 2. The molecule has 0 radical (unpaired) electrons. The van der Waals surface area contributed by atoms with Crippen LogP contribution in [-0.4, -0.2) is 24.2 Å². The van der Waals surface area contributed by atoms with Crippen molar-refractivity contribution in [2.45, 2.75) is 19.1 Å². The molecule has 3 rings (SSSR count). The first-order valence-corrected chi connectivity index (χ1v) is 7.59. The first-order valence-electron chi connectivity index (χ1n) is 6.43. The van der Waals surface area contributed by atoms with Crippen LogP contribution < -0.4 is 11.3 Å². The lowest BCUT2D eigenvalue weighted by molar-refractivity contribution is 0.0414. The van der Waals surface area contributed by atoms with E-state index in [0.717, 1.165) is 34.8 Å². The molecule has 3 N–H and O–H groups in total. The van der Waals surface area contributed by atoms with Crippen molar-refractivity contribution in [2.24, 2.45) is 5.84 Å². The van der Waals surface area contributed by atoms with Crippen molar-refractivity contribution in [2.75, 3.05) is 18.1 Å². The molecule has 0 aliphatic carbocycles. The molecule has 0 amide bonds. The summed E-state index contributed by atoms with van der Waals surface area (Å²) >= 11 is 1.89. The zero-order valence-electron chi connectivity index (χ0n) is 10.9. The van der Waals surface area contributed by atoms with Gasteiger partial charge in [0.1, 0.15) is 17.4 Å². The van der Waals surface area contributed by atoms with Crippen LogP contribution >= 0.6 is 11.8 Å². The molecular formula is C14H18N2O2S. The van der Waals surface area contributed by atoms with Crippen molar-refractivity contribution in [3.05, 3.63) is 35.6 Å². The highest BCUT2D eigenvalue weighted by atomic mass is 32.2. The second-order valence-corrected chi connectivity index (χ2v) is 5.97. The van der Waals surface area contributed by atoms with Crippen LogP contribution in [0.15, 0.2) is 28.7 Å². The summed E-state index contributed by atoms with van der Waals surface area (Å²) in [5.41, 5.74) is 4.95. The Labute approximate surface area is 116 Å². The Balaban J connectivity index is 1.91. The van der Waals surface area contributed by atoms with Gasteiger partial charge in [-0.25, -0.2) is 5.43 Å². The fraction of sp³-hybridized carbons (Fsp3) is 0.429. The highest BCUT2D eigenvalue weighted by Crippen LogP contribution is 2.29. The molecule has 2 unspecified atom stereocenters. The Morgan fingerprint density at radius 2 is 2.32 bits per heavy atom. The summed E-state index contributed by atoms with van der Waals surface area (Å²) in [7, 11) is 0. The van der Waals surface area contributed by atoms with E-state index < -0.39 is 0 Å². The largest absolute Gasteiger partial charge is 0.459 e. The van der Waals surface area contributed by atoms with Gasteiger partial charge in [-0.3, -0.25) is 5.84 Å². The Kier molecular flexibility index (Phi) is 3.79. The minimum absolute atomic E-state index is 0.0606. The standard InChI is InChI=1S/C14H18N2O2S/c1-9-2-3-11-10(6-9)7-12(18-11)14(16-15)13-8-19-5-4-17-13/h2-3,6-7,13-14,16H,4-5,8,15H2,1H3. The van der Waals surface area contributed by atoms with Crippen molar-refractivity contribution in [3.63, 3.8) is 0 Å². The maximum atomic E-state index is 5.90. The smallest absolute Gasteiger partial charge is 0.134 e. The molecule has 1 aliphatic heterocycles. The van der Waals surface area contributed by atoms with Gasteiger partial charge in [-0.05, 0) is 25.1 Å². The lowest BCUT2D eigenvalue weighted by Gasteiger charge is -2.28. The molecule has 102 valence electrons. The van der Waals surface area contributed by atoms with Gasteiger partial charge in [0.2, 0.25) is 0 Å². The number of aryl methyl sites for hydroxylation is 1. The van der Waals surface area contributed by atoms with Crippen LogP contribution in [0, 0.1) is 6.92 Å². The van der Waals surface area contributed by atoms with Gasteiger partial charge in [-0.2, -0.15) is 11.8 Å². The van der Waals surface area contributed by atoms with Gasteiger partial charge in [0, 0.05) is 16.9 Å². The maximum Gasteiger partial charge on any atom is 0.134 e. The molecule has 1 saturated heterocycles. The first-order chi connectivity index (χ1) is 9.28. The van der Waals surface area contributed by atoms with E-state index in [-0.39, 0.29) is 12.1 Å². The number of benzene rings is 1. The predicted octanol–water partition coefficient (Wildman–Crippen LogP) is 2.38. The minimum atomic E-state index is -0.0968. The SMILES string of the molecule is Cc1ccc2oc(C(NN)C3CSCCO3)cc2c1. The molecule has 5 heteroatoms. The highest BCUT2D eigenvalue weighted by molar-refractivity contribution is 7.99. The number of fused-ring (bicyclic) bond motifs is 1. The van der Waals surface area contributed by atoms with Crippen LogP contribution in [0.2, 0.25) is 0 Å². The normalized spacial score (nSPS) is 21.7. The van der Waals surface area contributed by atoms with Crippen LogP contribution in [0.4, 0.5) is 0 Å². The maximum absolute atomic E-state index is 5.90. The fourth-order valence-corrected chi connectivity index (χ4v) is 3.31. The molecule has 1 fully saturated rings. The average molecular weight is 278 g/mol. The number of hydrogen-bond acceptors (Lipinski definition) is 5. The summed E-state index contributed by atoms with van der Waals surface area (Å²) < 4.78 is 11.7. The number of hydrazine groups is 1. The number of nitrogens with two attached hydrogens (primary N) is 1. The second kappa shape index (κ2) is 5.54. The van der Waals surface area contributed by atoms with Gasteiger partial charge in [0.05, 0.1) is 12.7 Å². The monoisotopic (exact) mass is 278 g/mol. The molecule has 0 saturated carbocycles. The third-order valence-electron chi connectivity index (χ3n) is 3.39. The number of rotatable bonds is 3. The molecule has 2 heterocycles. The summed E-state index contributed by atoms with van der Waals surface area (Å²) in [6.45, 7) is 2.85. The van der Waals surface area contributed by atoms with Crippen LogP contribution in [0.3, 0.4) is 0 Å². The van der Waals surface area contributed by atoms with Gasteiger partial charge >= 0.3 is 0 Å². The summed E-state index contributed by atoms with van der Waals surface area (Å²) in [6.07, 6.45) is 0.0606. The van der Waals surface area contributed by atoms with E-state index in [4.69, 9.17) is 15.0 Å². The number of furan rings is 1. The summed E-state index contributed by atoms with van der Waals surface area (Å²) in [6, 6.07) is 8.12. The summed E-state index contributed by atoms with van der Waals surface area (Å²) in [5, 5.41) is 1.11. The van der Waals surface area contributed by atoms with Crippen LogP contribution in [0.5, 0.6) is 0 Å². The Hall–Kier alpha value is -1.01. The van der Waals surface area contributed by atoms with Crippen molar-refractivity contribution in [1.29, 1.82) is 0 Å². The zero-order valence-corrected chi connectivity index (χ0v) is 11.7. The van der Waals surface area contributed by atoms with Crippen molar-refractivity contribution < 1.29 is 9.15 Å². The summed E-state index contributed by atoms with van der Waals surface area (Å²) in [5.74, 6) is 8.52. The van der Waals surface area contributed by atoms with Crippen molar-refractivity contribution in [3.8, 4) is 0 Å². The molecule has 19 heavy (non-hydrogen) atoms. The second-order valence-electron chi connectivity index (χ2n) is 4.82. The molecular weight excluding hydrogens is 260 g/mol. The lowest BCUT2D eigenvalue weighted by atomic mass is 10.1. The highest BCUT2D eigenvalue weighted by Gasteiger charge is 2.28. The molecule has 1 aromatic heterocycles. The third kappa shape index (κ3) is 2.65. The van der Waals surface area contributed by atoms with Crippen molar-refractivity contribution >= 4 is 22.7 Å².